The van der Waals surface area contributed by atoms with Crippen LogP contribution in [0, 0.1) is 19.8 Å². The van der Waals surface area contributed by atoms with Gasteiger partial charge in [-0.15, -0.1) is 0 Å². The first-order valence-electron chi connectivity index (χ1n) is 7.32. The molecule has 20 heavy (non-hydrogen) atoms. The number of carbonyl (C=O) groups is 1. The van der Waals surface area contributed by atoms with Gasteiger partial charge in [-0.25, -0.2) is 0 Å². The third kappa shape index (κ3) is 3.61. The highest BCUT2D eigenvalue weighted by atomic mass is 79.9. The standard InChI is InChI=1S/C16H23BrN2O/c1-10-8-12(17)9-11(2)15(10)19-16(20)13-6-4-3-5-7-14(13)18/h8-9,13-14H,3-7,18H2,1-2H3,(H,19,20). The van der Waals surface area contributed by atoms with E-state index < -0.39 is 0 Å². The summed E-state index contributed by atoms with van der Waals surface area (Å²) in [5, 5.41) is 3.09. The van der Waals surface area contributed by atoms with Gasteiger partial charge in [-0.05, 0) is 49.9 Å². The predicted octanol–water partition coefficient (Wildman–Crippen LogP) is 3.91. The number of benzene rings is 1. The lowest BCUT2D eigenvalue weighted by molar-refractivity contribution is -0.120. The maximum Gasteiger partial charge on any atom is 0.229 e. The smallest absolute Gasteiger partial charge is 0.229 e. The van der Waals surface area contributed by atoms with Gasteiger partial charge >= 0.3 is 0 Å². The number of hydrogen-bond donors (Lipinski definition) is 2. The van der Waals surface area contributed by atoms with Crippen molar-refractivity contribution in [2.45, 2.75) is 52.0 Å². The van der Waals surface area contributed by atoms with E-state index in [1.54, 1.807) is 0 Å². The Bertz CT molecular complexity index is 478. The number of anilines is 1. The summed E-state index contributed by atoms with van der Waals surface area (Å²) in [5.41, 5.74) is 9.24. The van der Waals surface area contributed by atoms with Gasteiger partial charge in [0.25, 0.3) is 0 Å². The molecule has 3 nitrogen and oxygen atoms in total. The van der Waals surface area contributed by atoms with E-state index in [1.807, 2.05) is 26.0 Å². The molecule has 1 aromatic carbocycles. The topological polar surface area (TPSA) is 55.1 Å². The molecule has 1 aliphatic rings. The molecule has 0 bridgehead atoms. The molecule has 110 valence electrons. The van der Waals surface area contributed by atoms with Gasteiger partial charge in [0.2, 0.25) is 5.91 Å². The average Bonchev–Trinajstić information content (AvgIpc) is 2.58. The van der Waals surface area contributed by atoms with Crippen molar-refractivity contribution in [1.82, 2.24) is 0 Å². The molecule has 0 radical (unpaired) electrons. The first-order chi connectivity index (χ1) is 9.49. The summed E-state index contributed by atoms with van der Waals surface area (Å²) in [6.07, 6.45) is 5.29. The summed E-state index contributed by atoms with van der Waals surface area (Å²) in [6.45, 7) is 4.03. The first kappa shape index (κ1) is 15.5. The second-order valence-electron chi connectivity index (χ2n) is 5.81. The molecule has 1 saturated carbocycles. The average molecular weight is 339 g/mol. The molecule has 1 amide bonds. The van der Waals surface area contributed by atoms with E-state index in [9.17, 15) is 4.79 Å². The number of aryl methyl sites for hydroxylation is 2. The molecule has 1 aliphatic carbocycles. The number of nitrogens with two attached hydrogens (primary N) is 1. The van der Waals surface area contributed by atoms with Crippen LogP contribution >= 0.6 is 15.9 Å². The number of amides is 1. The monoisotopic (exact) mass is 338 g/mol. The Balaban J connectivity index is 2.15. The third-order valence-electron chi connectivity index (χ3n) is 4.15. The molecule has 2 unspecified atom stereocenters. The Labute approximate surface area is 129 Å². The molecular weight excluding hydrogens is 316 g/mol. The minimum atomic E-state index is -0.0556. The fourth-order valence-corrected chi connectivity index (χ4v) is 3.67. The van der Waals surface area contributed by atoms with Crippen LogP contribution in [0.5, 0.6) is 0 Å². The predicted molar refractivity (Wildman–Crippen MR) is 86.8 cm³/mol. The minimum absolute atomic E-state index is 0.00596. The lowest BCUT2D eigenvalue weighted by Gasteiger charge is -2.22. The molecule has 4 heteroatoms. The number of hydrogen-bond acceptors (Lipinski definition) is 2. The van der Waals surface area contributed by atoms with Crippen LogP contribution in [0.25, 0.3) is 0 Å². The van der Waals surface area contributed by atoms with E-state index in [4.69, 9.17) is 5.73 Å². The van der Waals surface area contributed by atoms with E-state index in [-0.39, 0.29) is 17.9 Å². The molecule has 0 aromatic heterocycles. The van der Waals surface area contributed by atoms with E-state index >= 15 is 0 Å². The summed E-state index contributed by atoms with van der Waals surface area (Å²) in [5.74, 6) is 0.0212. The lowest BCUT2D eigenvalue weighted by Crippen LogP contribution is -2.38. The van der Waals surface area contributed by atoms with Crippen molar-refractivity contribution in [3.8, 4) is 0 Å². The Morgan fingerprint density at radius 2 is 1.80 bits per heavy atom. The first-order valence-corrected chi connectivity index (χ1v) is 8.11. The van der Waals surface area contributed by atoms with Crippen LogP contribution in [-0.4, -0.2) is 11.9 Å². The molecule has 0 heterocycles. The Morgan fingerprint density at radius 1 is 1.20 bits per heavy atom. The van der Waals surface area contributed by atoms with Crippen LogP contribution in [0.1, 0.15) is 43.2 Å². The van der Waals surface area contributed by atoms with Crippen molar-refractivity contribution in [1.29, 1.82) is 0 Å². The van der Waals surface area contributed by atoms with Gasteiger partial charge in [-0.1, -0.05) is 35.2 Å². The van der Waals surface area contributed by atoms with Crippen molar-refractivity contribution in [3.05, 3.63) is 27.7 Å². The molecule has 2 rings (SSSR count). The maximum atomic E-state index is 12.5. The van der Waals surface area contributed by atoms with Crippen LogP contribution in [0.2, 0.25) is 0 Å². The molecule has 0 aliphatic heterocycles. The van der Waals surface area contributed by atoms with Crippen molar-refractivity contribution < 1.29 is 4.79 Å². The molecule has 3 N–H and O–H groups in total. The normalized spacial score (nSPS) is 23.2. The highest BCUT2D eigenvalue weighted by molar-refractivity contribution is 9.10. The van der Waals surface area contributed by atoms with Crippen LogP contribution in [0.3, 0.4) is 0 Å². The van der Waals surface area contributed by atoms with Gasteiger partial charge in [-0.3, -0.25) is 4.79 Å². The highest BCUT2D eigenvalue weighted by Crippen LogP contribution is 2.28. The van der Waals surface area contributed by atoms with Gasteiger partial charge < -0.3 is 11.1 Å². The number of nitrogens with one attached hydrogen (secondary N) is 1. The van der Waals surface area contributed by atoms with Crippen LogP contribution in [0.15, 0.2) is 16.6 Å². The zero-order chi connectivity index (χ0) is 14.7. The molecule has 0 spiro atoms. The van der Waals surface area contributed by atoms with Crippen molar-refractivity contribution >= 4 is 27.5 Å². The van der Waals surface area contributed by atoms with Crippen molar-refractivity contribution in [2.75, 3.05) is 5.32 Å². The van der Waals surface area contributed by atoms with Crippen LogP contribution in [0.4, 0.5) is 5.69 Å². The Morgan fingerprint density at radius 3 is 2.45 bits per heavy atom. The quantitative estimate of drug-likeness (QED) is 0.803. The largest absolute Gasteiger partial charge is 0.327 e. The Hall–Kier alpha value is -0.870. The number of halogens is 1. The zero-order valence-electron chi connectivity index (χ0n) is 12.2. The highest BCUT2D eigenvalue weighted by Gasteiger charge is 2.27. The minimum Gasteiger partial charge on any atom is -0.327 e. The lowest BCUT2D eigenvalue weighted by atomic mass is 9.94. The van der Waals surface area contributed by atoms with E-state index in [0.717, 1.165) is 47.0 Å². The summed E-state index contributed by atoms with van der Waals surface area (Å²) in [4.78, 5) is 12.5. The molecule has 1 fully saturated rings. The van der Waals surface area contributed by atoms with E-state index in [1.165, 1.54) is 6.42 Å². The number of rotatable bonds is 2. The van der Waals surface area contributed by atoms with E-state index in [2.05, 4.69) is 21.2 Å². The van der Waals surface area contributed by atoms with Crippen LogP contribution < -0.4 is 11.1 Å². The number of carbonyl (C=O) groups excluding carboxylic acids is 1. The molecular formula is C16H23BrN2O. The van der Waals surface area contributed by atoms with E-state index in [0.29, 0.717) is 0 Å². The van der Waals surface area contributed by atoms with Gasteiger partial charge in [-0.2, -0.15) is 0 Å². The SMILES string of the molecule is Cc1cc(Br)cc(C)c1NC(=O)C1CCCCCC1N. The van der Waals surface area contributed by atoms with Gasteiger partial charge in [0.1, 0.15) is 0 Å². The summed E-state index contributed by atoms with van der Waals surface area (Å²) >= 11 is 3.48. The third-order valence-corrected chi connectivity index (χ3v) is 4.61. The van der Waals surface area contributed by atoms with Gasteiger partial charge in [0.05, 0.1) is 5.92 Å². The van der Waals surface area contributed by atoms with Crippen molar-refractivity contribution in [2.24, 2.45) is 11.7 Å². The Kier molecular flexibility index (Phi) is 5.22. The second kappa shape index (κ2) is 6.72. The zero-order valence-corrected chi connectivity index (χ0v) is 13.8. The fourth-order valence-electron chi connectivity index (χ4n) is 2.99. The van der Waals surface area contributed by atoms with Crippen molar-refractivity contribution in [3.63, 3.8) is 0 Å². The second-order valence-corrected chi connectivity index (χ2v) is 6.73. The summed E-state index contributed by atoms with van der Waals surface area (Å²) in [7, 11) is 0. The molecule has 1 aromatic rings. The molecule has 2 atom stereocenters. The summed E-state index contributed by atoms with van der Waals surface area (Å²) in [6, 6.07) is 4.04. The summed E-state index contributed by atoms with van der Waals surface area (Å²) < 4.78 is 1.04. The van der Waals surface area contributed by atoms with Gasteiger partial charge in [0.15, 0.2) is 0 Å². The van der Waals surface area contributed by atoms with Crippen LogP contribution in [-0.2, 0) is 4.79 Å². The fraction of sp³-hybridized carbons (Fsp3) is 0.562. The molecule has 0 saturated heterocycles. The van der Waals surface area contributed by atoms with Gasteiger partial charge in [0, 0.05) is 16.2 Å². The maximum absolute atomic E-state index is 12.5.